The van der Waals surface area contributed by atoms with E-state index in [-0.39, 0.29) is 5.56 Å². The molecular formula is C15H10F3N3OS. The van der Waals surface area contributed by atoms with Gasteiger partial charge in [0.1, 0.15) is 0 Å². The summed E-state index contributed by atoms with van der Waals surface area (Å²) in [7, 11) is 0. The van der Waals surface area contributed by atoms with Gasteiger partial charge in [-0.25, -0.2) is 4.98 Å². The quantitative estimate of drug-likeness (QED) is 0.760. The van der Waals surface area contributed by atoms with Crippen LogP contribution in [-0.2, 0) is 6.18 Å². The van der Waals surface area contributed by atoms with Crippen molar-refractivity contribution in [3.8, 4) is 0 Å². The Morgan fingerprint density at radius 2 is 2.00 bits per heavy atom. The molecule has 4 nitrogen and oxygen atoms in total. The van der Waals surface area contributed by atoms with Gasteiger partial charge in [-0.2, -0.15) is 13.2 Å². The van der Waals surface area contributed by atoms with Gasteiger partial charge in [-0.15, -0.1) is 0 Å². The molecule has 0 aliphatic carbocycles. The zero-order valence-electron chi connectivity index (χ0n) is 11.8. The molecule has 1 aromatic carbocycles. The van der Waals surface area contributed by atoms with E-state index in [0.717, 1.165) is 28.0 Å². The lowest BCUT2D eigenvalue weighted by molar-refractivity contribution is -0.137. The molecule has 0 atom stereocenters. The second-order valence-corrected chi connectivity index (χ2v) is 5.94. The maximum Gasteiger partial charge on any atom is 0.417 e. The lowest BCUT2D eigenvalue weighted by Crippen LogP contribution is -2.14. The Kier molecular flexibility index (Phi) is 3.77. The fraction of sp³-hybridized carbons (Fsp3) is 0.133. The van der Waals surface area contributed by atoms with Crippen LogP contribution in [0.15, 0.2) is 36.7 Å². The Bertz CT molecular complexity index is 889. The minimum Gasteiger partial charge on any atom is -0.298 e. The molecule has 1 N–H and O–H groups in total. The number of rotatable bonds is 2. The Labute approximate surface area is 133 Å². The smallest absolute Gasteiger partial charge is 0.298 e. The molecule has 1 amide bonds. The predicted molar refractivity (Wildman–Crippen MR) is 81.5 cm³/mol. The number of thiazole rings is 1. The van der Waals surface area contributed by atoms with Gasteiger partial charge >= 0.3 is 6.18 Å². The molecule has 118 valence electrons. The number of amides is 1. The Morgan fingerprint density at radius 3 is 2.74 bits per heavy atom. The minimum absolute atomic E-state index is 0.171. The Morgan fingerprint density at radius 1 is 1.22 bits per heavy atom. The summed E-state index contributed by atoms with van der Waals surface area (Å²) in [5, 5.41) is 2.83. The zero-order chi connectivity index (χ0) is 16.6. The first kappa shape index (κ1) is 15.4. The fourth-order valence-corrected chi connectivity index (χ4v) is 2.93. The molecule has 3 aromatic rings. The largest absolute Gasteiger partial charge is 0.417 e. The fourth-order valence-electron chi connectivity index (χ4n) is 1.97. The number of fused-ring (bicyclic) bond motifs is 1. The maximum atomic E-state index is 12.7. The summed E-state index contributed by atoms with van der Waals surface area (Å²) in [6.45, 7) is 1.94. The lowest BCUT2D eigenvalue weighted by atomic mass is 10.2. The molecule has 0 bridgehead atoms. The molecule has 0 fully saturated rings. The summed E-state index contributed by atoms with van der Waals surface area (Å²) >= 11 is 1.26. The second kappa shape index (κ2) is 5.62. The van der Waals surface area contributed by atoms with E-state index in [1.54, 1.807) is 0 Å². The highest BCUT2D eigenvalue weighted by molar-refractivity contribution is 7.22. The number of halogens is 3. The van der Waals surface area contributed by atoms with Crippen LogP contribution in [0.2, 0.25) is 0 Å². The third kappa shape index (κ3) is 3.31. The molecule has 0 saturated carbocycles. The number of anilines is 1. The van der Waals surface area contributed by atoms with Crippen LogP contribution in [-0.4, -0.2) is 15.9 Å². The topological polar surface area (TPSA) is 54.9 Å². The molecule has 0 spiro atoms. The first-order valence-electron chi connectivity index (χ1n) is 6.54. The first-order valence-corrected chi connectivity index (χ1v) is 7.35. The van der Waals surface area contributed by atoms with E-state index in [2.05, 4.69) is 15.3 Å². The van der Waals surface area contributed by atoms with Gasteiger partial charge in [-0.1, -0.05) is 17.4 Å². The normalized spacial score (nSPS) is 11.7. The molecule has 0 aliphatic heterocycles. The molecular weight excluding hydrogens is 327 g/mol. The molecule has 0 unspecified atom stereocenters. The molecule has 8 heteroatoms. The highest BCUT2D eigenvalue weighted by Crippen LogP contribution is 2.30. The summed E-state index contributed by atoms with van der Waals surface area (Å²) in [5.74, 6) is -0.681. The van der Waals surface area contributed by atoms with Crippen molar-refractivity contribution in [2.75, 3.05) is 5.32 Å². The average molecular weight is 337 g/mol. The number of hydrogen-bond donors (Lipinski definition) is 1. The number of aryl methyl sites for hydroxylation is 1. The van der Waals surface area contributed by atoms with Crippen LogP contribution in [0.5, 0.6) is 0 Å². The van der Waals surface area contributed by atoms with Crippen LogP contribution in [0, 0.1) is 6.92 Å². The van der Waals surface area contributed by atoms with E-state index >= 15 is 0 Å². The van der Waals surface area contributed by atoms with Gasteiger partial charge in [0.25, 0.3) is 5.91 Å². The monoisotopic (exact) mass is 337 g/mol. The number of nitrogens with zero attached hydrogens (tertiary/aromatic N) is 2. The van der Waals surface area contributed by atoms with E-state index in [9.17, 15) is 18.0 Å². The van der Waals surface area contributed by atoms with Gasteiger partial charge in [0, 0.05) is 12.4 Å². The second-order valence-electron chi connectivity index (χ2n) is 4.90. The number of nitrogens with one attached hydrogen (secondary N) is 1. The van der Waals surface area contributed by atoms with Crippen LogP contribution in [0.25, 0.3) is 10.2 Å². The zero-order valence-corrected chi connectivity index (χ0v) is 12.6. The van der Waals surface area contributed by atoms with E-state index in [4.69, 9.17) is 0 Å². The van der Waals surface area contributed by atoms with Gasteiger partial charge in [0.15, 0.2) is 5.13 Å². The van der Waals surface area contributed by atoms with Gasteiger partial charge < -0.3 is 0 Å². The van der Waals surface area contributed by atoms with Crippen molar-refractivity contribution < 1.29 is 18.0 Å². The van der Waals surface area contributed by atoms with Gasteiger partial charge in [0.05, 0.1) is 21.3 Å². The van der Waals surface area contributed by atoms with Gasteiger partial charge in [0.2, 0.25) is 0 Å². The first-order chi connectivity index (χ1) is 10.8. The molecule has 0 aliphatic rings. The van der Waals surface area contributed by atoms with Crippen LogP contribution >= 0.6 is 11.3 Å². The number of pyridine rings is 1. The summed E-state index contributed by atoms with van der Waals surface area (Å²) in [6.07, 6.45) is -2.78. The number of carbonyl (C=O) groups is 1. The molecule has 0 saturated heterocycles. The molecule has 0 radical (unpaired) electrons. The van der Waals surface area contributed by atoms with Crippen LogP contribution < -0.4 is 5.32 Å². The van der Waals surface area contributed by atoms with Crippen LogP contribution in [0.4, 0.5) is 18.3 Å². The number of aromatic nitrogens is 2. The lowest BCUT2D eigenvalue weighted by Gasteiger charge is -2.07. The van der Waals surface area contributed by atoms with Crippen molar-refractivity contribution in [1.29, 1.82) is 0 Å². The molecule has 3 rings (SSSR count). The third-order valence-corrected chi connectivity index (χ3v) is 4.03. The van der Waals surface area contributed by atoms with Crippen molar-refractivity contribution in [1.82, 2.24) is 9.97 Å². The van der Waals surface area contributed by atoms with Crippen molar-refractivity contribution in [3.63, 3.8) is 0 Å². The molecule has 23 heavy (non-hydrogen) atoms. The minimum atomic E-state index is -4.54. The van der Waals surface area contributed by atoms with E-state index in [0.29, 0.717) is 11.3 Å². The van der Waals surface area contributed by atoms with E-state index in [1.165, 1.54) is 11.3 Å². The van der Waals surface area contributed by atoms with Crippen molar-refractivity contribution in [2.45, 2.75) is 13.1 Å². The third-order valence-electron chi connectivity index (χ3n) is 3.09. The summed E-state index contributed by atoms with van der Waals surface area (Å²) < 4.78 is 38.9. The van der Waals surface area contributed by atoms with Crippen molar-refractivity contribution in [2.24, 2.45) is 0 Å². The highest BCUT2D eigenvalue weighted by Gasteiger charge is 2.31. The van der Waals surface area contributed by atoms with Crippen LogP contribution in [0.1, 0.15) is 21.5 Å². The average Bonchev–Trinajstić information content (AvgIpc) is 2.87. The van der Waals surface area contributed by atoms with Crippen molar-refractivity contribution in [3.05, 3.63) is 53.3 Å². The number of benzene rings is 1. The van der Waals surface area contributed by atoms with Crippen LogP contribution in [0.3, 0.4) is 0 Å². The van der Waals surface area contributed by atoms with Gasteiger partial charge in [-0.05, 0) is 30.7 Å². The highest BCUT2D eigenvalue weighted by atomic mass is 32.1. The standard InChI is InChI=1S/C15H10F3N3OS/c1-8-2-3-11-12(4-8)23-14(20-11)21-13(22)9-5-10(7-19-6-9)15(16,17)18/h2-7H,1H3,(H,20,21,22). The Hall–Kier alpha value is -2.48. The summed E-state index contributed by atoms with van der Waals surface area (Å²) in [4.78, 5) is 19.8. The Balaban J connectivity index is 1.85. The molecule has 2 aromatic heterocycles. The number of carbonyl (C=O) groups excluding carboxylic acids is 1. The molecule has 2 heterocycles. The van der Waals surface area contributed by atoms with Gasteiger partial charge in [-0.3, -0.25) is 15.1 Å². The summed E-state index contributed by atoms with van der Waals surface area (Å²) in [6, 6.07) is 6.40. The van der Waals surface area contributed by atoms with E-state index in [1.807, 2.05) is 25.1 Å². The van der Waals surface area contributed by atoms with Crippen molar-refractivity contribution >= 4 is 32.6 Å². The summed E-state index contributed by atoms with van der Waals surface area (Å²) in [5.41, 5.74) is 0.638. The number of hydrogen-bond acceptors (Lipinski definition) is 4. The predicted octanol–water partition coefficient (Wildman–Crippen LogP) is 4.27. The SMILES string of the molecule is Cc1ccc2nc(NC(=O)c3cncc(C(F)(F)F)c3)sc2c1. The number of alkyl halides is 3. The maximum absolute atomic E-state index is 12.7. The van der Waals surface area contributed by atoms with E-state index < -0.39 is 17.6 Å².